The Morgan fingerprint density at radius 1 is 1.38 bits per heavy atom. The van der Waals surface area contributed by atoms with Crippen molar-refractivity contribution >= 4 is 28.7 Å². The number of nitrogen functional groups attached to an aromatic ring is 1. The molecule has 0 radical (unpaired) electrons. The first kappa shape index (κ1) is 15.4. The summed E-state index contributed by atoms with van der Waals surface area (Å²) in [7, 11) is 0. The Morgan fingerprint density at radius 3 is 2.71 bits per heavy atom. The lowest BCUT2D eigenvalue weighted by atomic mass is 10.1. The van der Waals surface area contributed by atoms with E-state index >= 15 is 0 Å². The molecule has 0 spiro atoms. The Morgan fingerprint density at radius 2 is 2.14 bits per heavy atom. The minimum Gasteiger partial charge on any atom is -0.462 e. The van der Waals surface area contributed by atoms with E-state index in [-0.39, 0.29) is 12.0 Å². The van der Waals surface area contributed by atoms with Crippen LogP contribution in [-0.2, 0) is 4.74 Å². The van der Waals surface area contributed by atoms with E-state index in [1.54, 1.807) is 30.4 Å². The molecular weight excluding hydrogens is 284 g/mol. The highest BCUT2D eigenvalue weighted by Gasteiger charge is 2.12. The Bertz CT molecular complexity index is 637. The van der Waals surface area contributed by atoms with E-state index in [1.165, 1.54) is 9.75 Å². The lowest BCUT2D eigenvalue weighted by Crippen LogP contribution is -2.09. The maximum Gasteiger partial charge on any atom is 0.338 e. The van der Waals surface area contributed by atoms with E-state index in [0.717, 1.165) is 5.69 Å². The number of carbonyl (C=O) groups is 1. The van der Waals surface area contributed by atoms with Crippen LogP contribution < -0.4 is 11.1 Å². The second-order valence-electron chi connectivity index (χ2n) is 4.84. The summed E-state index contributed by atoms with van der Waals surface area (Å²) < 4.78 is 4.96. The van der Waals surface area contributed by atoms with E-state index in [0.29, 0.717) is 17.9 Å². The van der Waals surface area contributed by atoms with E-state index in [4.69, 9.17) is 10.5 Å². The van der Waals surface area contributed by atoms with Gasteiger partial charge in [0.1, 0.15) is 0 Å². The predicted octanol–water partition coefficient (Wildman–Crippen LogP) is 3.99. The van der Waals surface area contributed by atoms with Crippen molar-refractivity contribution in [3.05, 3.63) is 45.6 Å². The third-order valence-corrected chi connectivity index (χ3v) is 4.31. The fraction of sp³-hybridized carbons (Fsp3) is 0.312. The molecule has 1 aromatic heterocycles. The predicted molar refractivity (Wildman–Crippen MR) is 87.9 cm³/mol. The molecule has 4 nitrogen and oxygen atoms in total. The summed E-state index contributed by atoms with van der Waals surface area (Å²) in [5.41, 5.74) is 7.86. The monoisotopic (exact) mass is 304 g/mol. The third kappa shape index (κ3) is 3.76. The smallest absolute Gasteiger partial charge is 0.338 e. The zero-order valence-corrected chi connectivity index (χ0v) is 13.3. The van der Waals surface area contributed by atoms with E-state index < -0.39 is 0 Å². The number of rotatable bonds is 5. The molecule has 0 amide bonds. The molecule has 112 valence electrons. The molecule has 0 fully saturated rings. The first-order chi connectivity index (χ1) is 10.0. The molecular formula is C16H20N2O2S. The van der Waals surface area contributed by atoms with Crippen molar-refractivity contribution in [1.82, 2.24) is 0 Å². The molecule has 2 rings (SSSR count). The highest BCUT2D eigenvalue weighted by molar-refractivity contribution is 7.12. The van der Waals surface area contributed by atoms with Gasteiger partial charge in [-0.1, -0.05) is 0 Å². The number of nitrogens with one attached hydrogen (secondary N) is 1. The van der Waals surface area contributed by atoms with Crippen molar-refractivity contribution in [2.45, 2.75) is 26.8 Å². The van der Waals surface area contributed by atoms with Crippen LogP contribution in [-0.4, -0.2) is 12.6 Å². The number of carbonyl (C=O) groups excluding carboxylic acids is 1. The van der Waals surface area contributed by atoms with Gasteiger partial charge >= 0.3 is 5.97 Å². The van der Waals surface area contributed by atoms with Crippen molar-refractivity contribution in [2.75, 3.05) is 17.7 Å². The Hall–Kier alpha value is -2.01. The number of thiophene rings is 1. The average Bonchev–Trinajstić information content (AvgIpc) is 2.88. The highest BCUT2D eigenvalue weighted by atomic mass is 32.1. The molecule has 0 bridgehead atoms. The maximum absolute atomic E-state index is 11.7. The second-order valence-corrected chi connectivity index (χ2v) is 6.16. The first-order valence-corrected chi connectivity index (χ1v) is 7.72. The van der Waals surface area contributed by atoms with Crippen molar-refractivity contribution < 1.29 is 9.53 Å². The molecule has 1 atom stereocenters. The standard InChI is InChI=1S/C16H20N2O2S/c1-4-20-16(19)12-6-7-14(13(17)9-12)18-11(3)15-8-5-10(2)21-15/h5-9,11,18H,4,17H2,1-3H3. The van der Waals surface area contributed by atoms with Crippen LogP contribution in [0.2, 0.25) is 0 Å². The van der Waals surface area contributed by atoms with Gasteiger partial charge in [0.15, 0.2) is 0 Å². The quantitative estimate of drug-likeness (QED) is 0.647. The van der Waals surface area contributed by atoms with Crippen LogP contribution in [0.15, 0.2) is 30.3 Å². The fourth-order valence-corrected chi connectivity index (χ4v) is 2.91. The summed E-state index contributed by atoms with van der Waals surface area (Å²) in [6.45, 7) is 6.31. The van der Waals surface area contributed by atoms with Gasteiger partial charge < -0.3 is 15.8 Å². The van der Waals surface area contributed by atoms with Gasteiger partial charge in [-0.05, 0) is 51.1 Å². The van der Waals surface area contributed by atoms with E-state index in [1.807, 2.05) is 6.07 Å². The van der Waals surface area contributed by atoms with Crippen LogP contribution in [0.5, 0.6) is 0 Å². The van der Waals surface area contributed by atoms with Gasteiger partial charge in [-0.25, -0.2) is 4.79 Å². The molecule has 1 unspecified atom stereocenters. The number of benzene rings is 1. The van der Waals surface area contributed by atoms with Crippen LogP contribution in [0.3, 0.4) is 0 Å². The lowest BCUT2D eigenvalue weighted by molar-refractivity contribution is 0.0526. The average molecular weight is 304 g/mol. The van der Waals surface area contributed by atoms with Gasteiger partial charge in [0.2, 0.25) is 0 Å². The summed E-state index contributed by atoms with van der Waals surface area (Å²) in [6.07, 6.45) is 0. The van der Waals surface area contributed by atoms with E-state index in [9.17, 15) is 4.79 Å². The molecule has 0 aliphatic rings. The number of hydrogen-bond acceptors (Lipinski definition) is 5. The molecule has 1 aromatic carbocycles. The Kier molecular flexibility index (Phi) is 4.85. The van der Waals surface area contributed by atoms with Crippen LogP contribution >= 0.6 is 11.3 Å². The van der Waals surface area contributed by atoms with Crippen molar-refractivity contribution in [2.24, 2.45) is 0 Å². The van der Waals surface area contributed by atoms with Gasteiger partial charge in [0.05, 0.1) is 29.6 Å². The topological polar surface area (TPSA) is 64.3 Å². The number of nitrogens with two attached hydrogens (primary N) is 1. The minimum atomic E-state index is -0.349. The summed E-state index contributed by atoms with van der Waals surface area (Å²) >= 11 is 1.76. The molecule has 5 heteroatoms. The lowest BCUT2D eigenvalue weighted by Gasteiger charge is -2.16. The molecule has 3 N–H and O–H groups in total. The Balaban J connectivity index is 2.12. The molecule has 1 heterocycles. The summed E-state index contributed by atoms with van der Waals surface area (Å²) in [4.78, 5) is 14.2. The largest absolute Gasteiger partial charge is 0.462 e. The summed E-state index contributed by atoms with van der Waals surface area (Å²) in [6, 6.07) is 9.57. The van der Waals surface area contributed by atoms with Gasteiger partial charge in [-0.2, -0.15) is 0 Å². The van der Waals surface area contributed by atoms with Gasteiger partial charge in [-0.15, -0.1) is 11.3 Å². The van der Waals surface area contributed by atoms with Crippen molar-refractivity contribution in [1.29, 1.82) is 0 Å². The SMILES string of the molecule is CCOC(=O)c1ccc(NC(C)c2ccc(C)s2)c(N)c1. The van der Waals surface area contributed by atoms with Crippen LogP contribution in [0.25, 0.3) is 0 Å². The molecule has 0 aliphatic carbocycles. The normalized spacial score (nSPS) is 12.0. The second kappa shape index (κ2) is 6.63. The summed E-state index contributed by atoms with van der Waals surface area (Å²) in [5.74, 6) is -0.349. The van der Waals surface area contributed by atoms with Crippen molar-refractivity contribution in [3.8, 4) is 0 Å². The number of esters is 1. The zero-order valence-electron chi connectivity index (χ0n) is 12.5. The van der Waals surface area contributed by atoms with Crippen molar-refractivity contribution in [3.63, 3.8) is 0 Å². The van der Waals surface area contributed by atoms with Crippen LogP contribution in [0, 0.1) is 6.92 Å². The zero-order chi connectivity index (χ0) is 15.4. The van der Waals surface area contributed by atoms with Gasteiger partial charge in [0, 0.05) is 9.75 Å². The van der Waals surface area contributed by atoms with Crippen LogP contribution in [0.1, 0.15) is 40.0 Å². The third-order valence-electron chi connectivity index (χ3n) is 3.12. The maximum atomic E-state index is 11.7. The molecule has 0 aliphatic heterocycles. The molecule has 2 aromatic rings. The fourth-order valence-electron chi connectivity index (χ4n) is 2.03. The number of ether oxygens (including phenoxy) is 1. The summed E-state index contributed by atoms with van der Waals surface area (Å²) in [5, 5.41) is 3.37. The highest BCUT2D eigenvalue weighted by Crippen LogP contribution is 2.28. The van der Waals surface area contributed by atoms with Gasteiger partial charge in [0.25, 0.3) is 0 Å². The number of anilines is 2. The molecule has 0 saturated carbocycles. The molecule has 0 saturated heterocycles. The van der Waals surface area contributed by atoms with Gasteiger partial charge in [-0.3, -0.25) is 0 Å². The number of hydrogen-bond donors (Lipinski definition) is 2. The Labute approximate surface area is 128 Å². The minimum absolute atomic E-state index is 0.166. The molecule has 21 heavy (non-hydrogen) atoms. The van der Waals surface area contributed by atoms with Crippen LogP contribution in [0.4, 0.5) is 11.4 Å². The van der Waals surface area contributed by atoms with E-state index in [2.05, 4.69) is 31.3 Å². The number of aryl methyl sites for hydroxylation is 1. The first-order valence-electron chi connectivity index (χ1n) is 6.90.